The van der Waals surface area contributed by atoms with Gasteiger partial charge in [0.2, 0.25) is 0 Å². The van der Waals surface area contributed by atoms with E-state index < -0.39 is 5.97 Å². The zero-order chi connectivity index (χ0) is 17.3. The van der Waals surface area contributed by atoms with E-state index in [-0.39, 0.29) is 24.7 Å². The lowest BCUT2D eigenvalue weighted by Crippen LogP contribution is -2.56. The van der Waals surface area contributed by atoms with Crippen molar-refractivity contribution in [2.75, 3.05) is 13.1 Å². The zero-order valence-corrected chi connectivity index (χ0v) is 14.4. The Morgan fingerprint density at radius 1 is 1.38 bits per heavy atom. The van der Waals surface area contributed by atoms with Crippen LogP contribution in [0.4, 0.5) is 4.79 Å². The van der Waals surface area contributed by atoms with Gasteiger partial charge >= 0.3 is 12.0 Å². The van der Waals surface area contributed by atoms with Crippen molar-refractivity contribution in [3.63, 3.8) is 0 Å². The molecule has 1 saturated carbocycles. The Balaban J connectivity index is 1.48. The molecule has 1 fully saturated rings. The van der Waals surface area contributed by atoms with Crippen LogP contribution in [0.15, 0.2) is 18.2 Å². The Labute approximate surface area is 146 Å². The van der Waals surface area contributed by atoms with Crippen LogP contribution in [0.1, 0.15) is 30.9 Å². The summed E-state index contributed by atoms with van der Waals surface area (Å²) in [4.78, 5) is 27.0. The number of hydrogen-bond donors (Lipinski definition) is 2. The number of halogens is 1. The maximum absolute atomic E-state index is 12.4. The maximum Gasteiger partial charge on any atom is 0.318 e. The van der Waals surface area contributed by atoms with Crippen LogP contribution in [0.25, 0.3) is 0 Å². The fourth-order valence-electron chi connectivity index (χ4n) is 3.47. The third-order valence-corrected chi connectivity index (χ3v) is 5.27. The van der Waals surface area contributed by atoms with E-state index in [0.29, 0.717) is 24.7 Å². The summed E-state index contributed by atoms with van der Waals surface area (Å²) in [6, 6.07) is 6.03. The first kappa shape index (κ1) is 17.0. The van der Waals surface area contributed by atoms with Crippen LogP contribution in [-0.2, 0) is 17.9 Å². The lowest BCUT2D eigenvalue weighted by Gasteiger charge is -2.42. The summed E-state index contributed by atoms with van der Waals surface area (Å²) in [5, 5.41) is 12.7. The van der Waals surface area contributed by atoms with E-state index in [2.05, 4.69) is 5.32 Å². The zero-order valence-electron chi connectivity index (χ0n) is 13.7. The number of aliphatic carboxylic acids is 1. The van der Waals surface area contributed by atoms with Crippen molar-refractivity contribution >= 4 is 23.6 Å². The van der Waals surface area contributed by atoms with Crippen molar-refractivity contribution in [1.29, 1.82) is 0 Å². The molecule has 1 heterocycles. The number of carbonyl (C=O) groups excluding carboxylic acids is 1. The summed E-state index contributed by atoms with van der Waals surface area (Å²) < 4.78 is 0. The number of carbonyl (C=O) groups is 2. The predicted molar refractivity (Wildman–Crippen MR) is 90.9 cm³/mol. The fraction of sp³-hybridized carbons (Fsp3) is 0.529. The van der Waals surface area contributed by atoms with Gasteiger partial charge in [0, 0.05) is 30.2 Å². The molecule has 1 aromatic carbocycles. The molecular formula is C17H22ClN3O3. The smallest absolute Gasteiger partial charge is 0.318 e. The van der Waals surface area contributed by atoms with Crippen LogP contribution >= 0.6 is 11.6 Å². The van der Waals surface area contributed by atoms with Crippen molar-refractivity contribution < 1.29 is 14.7 Å². The lowest BCUT2D eigenvalue weighted by molar-refractivity contribution is -0.139. The summed E-state index contributed by atoms with van der Waals surface area (Å²) in [5.74, 6) is -0.809. The highest BCUT2D eigenvalue weighted by Crippen LogP contribution is 2.30. The number of urea groups is 1. The van der Waals surface area contributed by atoms with E-state index in [1.54, 1.807) is 4.90 Å². The molecule has 2 aliphatic rings. The molecule has 6 nitrogen and oxygen atoms in total. The van der Waals surface area contributed by atoms with Gasteiger partial charge in [-0.25, -0.2) is 4.79 Å². The SMILES string of the molecule is CCN(CC(=O)O)C1CC(NC(=O)N2Cc3cccc(Cl)c3C2)C1. The summed E-state index contributed by atoms with van der Waals surface area (Å²) >= 11 is 6.18. The minimum Gasteiger partial charge on any atom is -0.480 e. The number of benzene rings is 1. The molecule has 1 aromatic rings. The van der Waals surface area contributed by atoms with E-state index in [0.717, 1.165) is 24.0 Å². The lowest BCUT2D eigenvalue weighted by atomic mass is 9.85. The first-order valence-electron chi connectivity index (χ1n) is 8.25. The molecule has 1 aliphatic carbocycles. The predicted octanol–water partition coefficient (Wildman–Crippen LogP) is 2.30. The fourth-order valence-corrected chi connectivity index (χ4v) is 3.72. The molecule has 0 radical (unpaired) electrons. The number of likely N-dealkylation sites (N-methyl/N-ethyl adjacent to an activating group) is 1. The van der Waals surface area contributed by atoms with Crippen molar-refractivity contribution in [3.05, 3.63) is 34.3 Å². The molecule has 2 N–H and O–H groups in total. The summed E-state index contributed by atoms with van der Waals surface area (Å²) in [6.45, 7) is 3.84. The molecule has 7 heteroatoms. The molecular weight excluding hydrogens is 330 g/mol. The highest BCUT2D eigenvalue weighted by atomic mass is 35.5. The van der Waals surface area contributed by atoms with Gasteiger partial charge in [-0.05, 0) is 36.6 Å². The van der Waals surface area contributed by atoms with Crippen LogP contribution in [0.5, 0.6) is 0 Å². The number of nitrogens with zero attached hydrogens (tertiary/aromatic N) is 2. The normalized spacial score (nSPS) is 22.2. The molecule has 0 aromatic heterocycles. The standard InChI is InChI=1S/C17H22ClN3O3/c1-2-20(10-16(22)23)13-6-12(7-13)19-17(24)21-8-11-4-3-5-15(18)14(11)9-21/h3-5,12-13H,2,6-10H2,1H3,(H,19,24)(H,22,23). The second kappa shape index (κ2) is 6.99. The minimum atomic E-state index is -0.809. The Kier molecular flexibility index (Phi) is 4.96. The van der Waals surface area contributed by atoms with Crippen molar-refractivity contribution in [1.82, 2.24) is 15.1 Å². The maximum atomic E-state index is 12.4. The summed E-state index contributed by atoms with van der Waals surface area (Å²) in [7, 11) is 0. The molecule has 0 atom stereocenters. The van der Waals surface area contributed by atoms with E-state index in [1.165, 1.54) is 0 Å². The number of nitrogens with one attached hydrogen (secondary N) is 1. The van der Waals surface area contributed by atoms with Gasteiger partial charge in [-0.3, -0.25) is 9.69 Å². The molecule has 0 saturated heterocycles. The monoisotopic (exact) mass is 351 g/mol. The Morgan fingerprint density at radius 2 is 2.12 bits per heavy atom. The van der Waals surface area contributed by atoms with Gasteiger partial charge in [0.1, 0.15) is 0 Å². The summed E-state index contributed by atoms with van der Waals surface area (Å²) in [6.07, 6.45) is 1.60. The van der Waals surface area contributed by atoms with Gasteiger partial charge in [0.05, 0.1) is 6.54 Å². The minimum absolute atomic E-state index is 0.0573. The number of hydrogen-bond acceptors (Lipinski definition) is 3. The number of amides is 2. The van der Waals surface area contributed by atoms with Gasteiger partial charge in [-0.1, -0.05) is 30.7 Å². The van der Waals surface area contributed by atoms with E-state index in [1.807, 2.05) is 30.0 Å². The number of rotatable bonds is 5. The van der Waals surface area contributed by atoms with Gasteiger partial charge in [-0.2, -0.15) is 0 Å². The Morgan fingerprint density at radius 3 is 2.75 bits per heavy atom. The second-order valence-electron chi connectivity index (χ2n) is 6.46. The van der Waals surface area contributed by atoms with Gasteiger partial charge < -0.3 is 15.3 Å². The molecule has 3 rings (SSSR count). The van der Waals surface area contributed by atoms with Crippen molar-refractivity contribution in [2.24, 2.45) is 0 Å². The van der Waals surface area contributed by atoms with Gasteiger partial charge in [0.25, 0.3) is 0 Å². The third-order valence-electron chi connectivity index (χ3n) is 4.91. The van der Waals surface area contributed by atoms with Crippen molar-refractivity contribution in [3.8, 4) is 0 Å². The highest BCUT2D eigenvalue weighted by molar-refractivity contribution is 6.31. The first-order valence-corrected chi connectivity index (χ1v) is 8.63. The van der Waals surface area contributed by atoms with Crippen LogP contribution in [0.2, 0.25) is 5.02 Å². The quantitative estimate of drug-likeness (QED) is 0.853. The molecule has 0 spiro atoms. The second-order valence-corrected chi connectivity index (χ2v) is 6.87. The molecule has 0 unspecified atom stereocenters. The van der Waals surface area contributed by atoms with Crippen LogP contribution < -0.4 is 5.32 Å². The molecule has 2 amide bonds. The van der Waals surface area contributed by atoms with E-state index in [4.69, 9.17) is 16.7 Å². The first-order chi connectivity index (χ1) is 11.5. The number of fused-ring (bicyclic) bond motifs is 1. The summed E-state index contributed by atoms with van der Waals surface area (Å²) in [5.41, 5.74) is 2.13. The highest BCUT2D eigenvalue weighted by Gasteiger charge is 2.36. The average molecular weight is 352 g/mol. The number of carboxylic acid groups (broad SMARTS) is 1. The third kappa shape index (κ3) is 3.49. The topological polar surface area (TPSA) is 72.9 Å². The average Bonchev–Trinajstić information content (AvgIpc) is 2.94. The van der Waals surface area contributed by atoms with Crippen LogP contribution in [0.3, 0.4) is 0 Å². The van der Waals surface area contributed by atoms with Crippen LogP contribution in [-0.4, -0.2) is 52.1 Å². The van der Waals surface area contributed by atoms with E-state index in [9.17, 15) is 9.59 Å². The Bertz CT molecular complexity index is 646. The van der Waals surface area contributed by atoms with Gasteiger partial charge in [-0.15, -0.1) is 0 Å². The van der Waals surface area contributed by atoms with E-state index >= 15 is 0 Å². The number of carboxylic acids is 1. The Hall–Kier alpha value is -1.79. The molecule has 1 aliphatic heterocycles. The van der Waals surface area contributed by atoms with Gasteiger partial charge in [0.15, 0.2) is 0 Å². The molecule has 0 bridgehead atoms. The van der Waals surface area contributed by atoms with Crippen molar-refractivity contribution in [2.45, 2.75) is 44.9 Å². The molecule has 24 heavy (non-hydrogen) atoms. The van der Waals surface area contributed by atoms with Crippen LogP contribution in [0, 0.1) is 0 Å². The largest absolute Gasteiger partial charge is 0.480 e. The molecule has 130 valence electrons.